The van der Waals surface area contributed by atoms with Crippen LogP contribution in [0.25, 0.3) is 11.3 Å². The minimum Gasteiger partial charge on any atom is -0.473 e. The van der Waals surface area contributed by atoms with Crippen LogP contribution in [0.3, 0.4) is 0 Å². The summed E-state index contributed by atoms with van der Waals surface area (Å²) in [5, 5.41) is 7.63. The highest BCUT2D eigenvalue weighted by atomic mass is 19.4. The molecule has 2 heterocycles. The number of carbonyl (C=O) groups excluding carboxylic acids is 1. The van der Waals surface area contributed by atoms with Gasteiger partial charge in [0.1, 0.15) is 23.1 Å². The third kappa shape index (κ3) is 5.26. The minimum absolute atomic E-state index is 0.0760. The van der Waals surface area contributed by atoms with E-state index in [2.05, 4.69) is 10.2 Å². The number of fused-ring (bicyclic) bond motifs is 1. The summed E-state index contributed by atoms with van der Waals surface area (Å²) in [5.74, 6) is -0.920. The lowest BCUT2D eigenvalue weighted by Gasteiger charge is -2.25. The third-order valence-electron chi connectivity index (χ3n) is 6.18. The Labute approximate surface area is 195 Å². The average Bonchev–Trinajstić information content (AvgIpc) is 3.27. The maximum atomic E-state index is 13.8. The first-order valence-corrected chi connectivity index (χ1v) is 11.2. The van der Waals surface area contributed by atoms with E-state index in [-0.39, 0.29) is 29.2 Å². The normalized spacial score (nSPS) is 22.6. The molecule has 1 amide bonds. The number of hydrogen-bond acceptors (Lipinski definition) is 5. The van der Waals surface area contributed by atoms with Crippen molar-refractivity contribution in [3.8, 4) is 17.1 Å². The van der Waals surface area contributed by atoms with E-state index in [0.717, 1.165) is 12.1 Å². The van der Waals surface area contributed by atoms with Crippen molar-refractivity contribution in [2.24, 2.45) is 11.8 Å². The molecule has 0 spiro atoms. The summed E-state index contributed by atoms with van der Waals surface area (Å²) >= 11 is 0. The fourth-order valence-corrected chi connectivity index (χ4v) is 4.65. The van der Waals surface area contributed by atoms with E-state index in [0.29, 0.717) is 31.5 Å². The zero-order valence-corrected chi connectivity index (χ0v) is 19.4. The van der Waals surface area contributed by atoms with Crippen molar-refractivity contribution in [2.45, 2.75) is 58.4 Å². The van der Waals surface area contributed by atoms with Gasteiger partial charge in [-0.1, -0.05) is 6.07 Å². The van der Waals surface area contributed by atoms with Gasteiger partial charge in [0.25, 0.3) is 0 Å². The van der Waals surface area contributed by atoms with Crippen molar-refractivity contribution in [1.82, 2.24) is 15.1 Å². The molecule has 2 fully saturated rings. The standard InChI is InChI=1S/C24H27F4N3O3/c1-13-5-6-16(25)9-18(13)20-10-19(24(26,27)28)21(30-29-20)33-17-7-14-11-31(12-15(14)8-17)22(32)34-23(2,3)4/h5-6,9-10,14-15,17H,7-8,11-12H2,1-4H3/t14-,15+,17?. The van der Waals surface area contributed by atoms with Crippen molar-refractivity contribution < 1.29 is 31.8 Å². The van der Waals surface area contributed by atoms with Gasteiger partial charge in [-0.15, -0.1) is 10.2 Å². The van der Waals surface area contributed by atoms with Crippen LogP contribution in [0.15, 0.2) is 24.3 Å². The Balaban J connectivity index is 1.48. The molecule has 1 unspecified atom stereocenters. The largest absolute Gasteiger partial charge is 0.473 e. The Bertz CT molecular complexity index is 1070. The summed E-state index contributed by atoms with van der Waals surface area (Å²) < 4.78 is 66.2. The van der Waals surface area contributed by atoms with Gasteiger partial charge >= 0.3 is 12.3 Å². The predicted molar refractivity (Wildman–Crippen MR) is 116 cm³/mol. The molecule has 10 heteroatoms. The summed E-state index contributed by atoms with van der Waals surface area (Å²) in [7, 11) is 0. The molecule has 1 aromatic heterocycles. The van der Waals surface area contributed by atoms with Crippen molar-refractivity contribution in [3.05, 3.63) is 41.2 Å². The predicted octanol–water partition coefficient (Wildman–Crippen LogP) is 5.63. The first kappa shape index (κ1) is 24.2. The number of alkyl halides is 3. The molecule has 1 aliphatic heterocycles. The summed E-state index contributed by atoms with van der Waals surface area (Å²) in [4.78, 5) is 14.0. The highest BCUT2D eigenvalue weighted by Crippen LogP contribution is 2.42. The number of aromatic nitrogens is 2. The van der Waals surface area contributed by atoms with Crippen LogP contribution in [-0.2, 0) is 10.9 Å². The van der Waals surface area contributed by atoms with Gasteiger partial charge in [0.15, 0.2) is 0 Å². The molecule has 0 bridgehead atoms. The van der Waals surface area contributed by atoms with Crippen LogP contribution in [0, 0.1) is 24.6 Å². The molecular weight excluding hydrogens is 454 g/mol. The van der Waals surface area contributed by atoms with Crippen LogP contribution < -0.4 is 4.74 Å². The Morgan fingerprint density at radius 3 is 2.29 bits per heavy atom. The fourth-order valence-electron chi connectivity index (χ4n) is 4.65. The van der Waals surface area contributed by atoms with Crippen LogP contribution in [-0.4, -0.2) is 46.0 Å². The van der Waals surface area contributed by atoms with Crippen LogP contribution in [0.1, 0.15) is 44.7 Å². The number of nitrogens with zero attached hydrogens (tertiary/aromatic N) is 3. The second-order valence-corrected chi connectivity index (χ2v) is 10.0. The van der Waals surface area contributed by atoms with Gasteiger partial charge in [-0.3, -0.25) is 0 Å². The van der Waals surface area contributed by atoms with Gasteiger partial charge in [-0.2, -0.15) is 13.2 Å². The Morgan fingerprint density at radius 2 is 1.71 bits per heavy atom. The topological polar surface area (TPSA) is 64.5 Å². The SMILES string of the molecule is Cc1ccc(F)cc1-c1cc(C(F)(F)F)c(OC2C[C@@H]3CN(C(=O)OC(C)(C)C)C[C@@H]3C2)nn1. The van der Waals surface area contributed by atoms with Gasteiger partial charge in [-0.05, 0) is 76.1 Å². The maximum Gasteiger partial charge on any atom is 0.421 e. The summed E-state index contributed by atoms with van der Waals surface area (Å²) in [6.45, 7) is 8.01. The number of hydrogen-bond donors (Lipinski definition) is 0. The van der Waals surface area contributed by atoms with E-state index in [1.807, 2.05) is 0 Å². The van der Waals surface area contributed by atoms with E-state index < -0.39 is 35.1 Å². The molecule has 2 aliphatic rings. The molecule has 0 N–H and O–H groups in total. The fraction of sp³-hybridized carbons (Fsp3) is 0.542. The molecule has 184 valence electrons. The van der Waals surface area contributed by atoms with Crippen LogP contribution in [0.2, 0.25) is 0 Å². The number of rotatable bonds is 3. The van der Waals surface area contributed by atoms with Crippen molar-refractivity contribution in [3.63, 3.8) is 0 Å². The number of amides is 1. The number of aryl methyl sites for hydroxylation is 1. The molecular formula is C24H27F4N3O3. The lowest BCUT2D eigenvalue weighted by molar-refractivity contribution is -0.139. The zero-order valence-electron chi connectivity index (χ0n) is 19.4. The van der Waals surface area contributed by atoms with Crippen LogP contribution in [0.5, 0.6) is 5.88 Å². The Morgan fingerprint density at radius 1 is 1.06 bits per heavy atom. The lowest BCUT2D eigenvalue weighted by Crippen LogP contribution is -2.36. The molecule has 1 saturated heterocycles. The molecule has 1 aliphatic carbocycles. The van der Waals surface area contributed by atoms with E-state index in [1.54, 1.807) is 32.6 Å². The first-order valence-electron chi connectivity index (χ1n) is 11.2. The number of carbonyl (C=O) groups is 1. The number of likely N-dealkylation sites (tertiary alicyclic amines) is 1. The van der Waals surface area contributed by atoms with Crippen LogP contribution in [0.4, 0.5) is 22.4 Å². The summed E-state index contributed by atoms with van der Waals surface area (Å²) in [6, 6.07) is 4.69. The number of benzene rings is 1. The number of halogens is 4. The van der Waals surface area contributed by atoms with Gasteiger partial charge in [0.05, 0.1) is 5.69 Å². The van der Waals surface area contributed by atoms with Gasteiger partial charge < -0.3 is 14.4 Å². The maximum absolute atomic E-state index is 13.8. The highest BCUT2D eigenvalue weighted by molar-refractivity contribution is 5.68. The second-order valence-electron chi connectivity index (χ2n) is 10.0. The molecule has 2 aromatic rings. The highest BCUT2D eigenvalue weighted by Gasteiger charge is 2.45. The third-order valence-corrected chi connectivity index (χ3v) is 6.18. The Kier molecular flexibility index (Phi) is 6.20. The van der Waals surface area contributed by atoms with E-state index in [9.17, 15) is 22.4 Å². The van der Waals surface area contributed by atoms with Crippen molar-refractivity contribution >= 4 is 6.09 Å². The molecule has 6 nitrogen and oxygen atoms in total. The van der Waals surface area contributed by atoms with Gasteiger partial charge in [0.2, 0.25) is 5.88 Å². The summed E-state index contributed by atoms with van der Waals surface area (Å²) in [6.07, 6.45) is -4.55. The molecule has 3 atom stereocenters. The summed E-state index contributed by atoms with van der Waals surface area (Å²) in [5.41, 5.74) is -0.900. The van der Waals surface area contributed by atoms with Crippen molar-refractivity contribution in [1.29, 1.82) is 0 Å². The molecule has 0 radical (unpaired) electrons. The quantitative estimate of drug-likeness (QED) is 0.532. The zero-order chi connectivity index (χ0) is 24.8. The molecule has 1 saturated carbocycles. The van der Waals surface area contributed by atoms with Gasteiger partial charge in [-0.25, -0.2) is 9.18 Å². The van der Waals surface area contributed by atoms with E-state index >= 15 is 0 Å². The minimum atomic E-state index is -4.72. The van der Waals surface area contributed by atoms with Crippen molar-refractivity contribution in [2.75, 3.05) is 13.1 Å². The molecule has 34 heavy (non-hydrogen) atoms. The monoisotopic (exact) mass is 481 g/mol. The average molecular weight is 481 g/mol. The van der Waals surface area contributed by atoms with E-state index in [4.69, 9.17) is 9.47 Å². The number of ether oxygens (including phenoxy) is 2. The smallest absolute Gasteiger partial charge is 0.421 e. The molecule has 4 rings (SSSR count). The second kappa shape index (κ2) is 8.70. The van der Waals surface area contributed by atoms with E-state index in [1.165, 1.54) is 12.1 Å². The van der Waals surface area contributed by atoms with Gasteiger partial charge in [0, 0.05) is 18.7 Å². The molecule has 1 aromatic carbocycles. The van der Waals surface area contributed by atoms with Crippen LogP contribution >= 0.6 is 0 Å². The first-order chi connectivity index (χ1) is 15.8. The Hall–Kier alpha value is -2.91. The lowest BCUT2D eigenvalue weighted by atomic mass is 10.0.